The van der Waals surface area contributed by atoms with Gasteiger partial charge >= 0.3 is 6.18 Å². The number of anilines is 1. The molecule has 1 rings (SSSR count). The van der Waals surface area contributed by atoms with Crippen molar-refractivity contribution >= 4 is 17.3 Å². The van der Waals surface area contributed by atoms with E-state index >= 15 is 0 Å². The number of halogens is 5. The zero-order valence-corrected chi connectivity index (χ0v) is 11.0. The van der Waals surface area contributed by atoms with E-state index in [0.29, 0.717) is 6.07 Å². The summed E-state index contributed by atoms with van der Waals surface area (Å²) >= 11 is 5.75. The third-order valence-electron chi connectivity index (χ3n) is 2.87. The van der Waals surface area contributed by atoms with E-state index in [2.05, 4.69) is 0 Å². The average molecular weight is 284 g/mol. The molecule has 1 aromatic rings. The van der Waals surface area contributed by atoms with E-state index < -0.39 is 23.1 Å². The zero-order chi connectivity index (χ0) is 14.1. The van der Waals surface area contributed by atoms with Crippen LogP contribution in [0, 0.1) is 5.82 Å². The topological polar surface area (TPSA) is 3.24 Å². The van der Waals surface area contributed by atoms with Crippen LogP contribution in [0.15, 0.2) is 18.2 Å². The molecule has 102 valence electrons. The number of hydrogen-bond donors (Lipinski definition) is 0. The average Bonchev–Trinajstić information content (AvgIpc) is 2.26. The quantitative estimate of drug-likeness (QED) is 0.590. The molecule has 0 aliphatic carbocycles. The number of alkyl halides is 4. The van der Waals surface area contributed by atoms with Crippen molar-refractivity contribution in [1.82, 2.24) is 0 Å². The fraction of sp³-hybridized carbons (Fsp3) is 0.500. The fourth-order valence-electron chi connectivity index (χ4n) is 1.37. The summed E-state index contributed by atoms with van der Waals surface area (Å²) in [5.74, 6) is -0.685. The van der Waals surface area contributed by atoms with E-state index in [1.165, 1.54) is 4.90 Å². The minimum Gasteiger partial charge on any atom is -0.366 e. The lowest BCUT2D eigenvalue weighted by Crippen LogP contribution is -2.43. The van der Waals surface area contributed by atoms with Gasteiger partial charge in [-0.15, -0.1) is 11.6 Å². The number of hydrogen-bond acceptors (Lipinski definition) is 1. The predicted molar refractivity (Wildman–Crippen MR) is 64.6 cm³/mol. The van der Waals surface area contributed by atoms with Crippen LogP contribution < -0.4 is 4.90 Å². The molecule has 0 N–H and O–H groups in total. The Balaban J connectivity index is 3.14. The Morgan fingerprint density at radius 1 is 1.22 bits per heavy atom. The van der Waals surface area contributed by atoms with Crippen molar-refractivity contribution in [2.45, 2.75) is 25.6 Å². The standard InChI is InChI=1S/C12H14ClF4N/c1-11(2,7-13)18(3)10-5-4-8(6-9(10)14)12(15,16)17/h4-6H,7H2,1-3H3. The first kappa shape index (κ1) is 15.1. The lowest BCUT2D eigenvalue weighted by molar-refractivity contribution is -0.137. The van der Waals surface area contributed by atoms with Crippen molar-refractivity contribution in [3.63, 3.8) is 0 Å². The zero-order valence-electron chi connectivity index (χ0n) is 10.3. The maximum absolute atomic E-state index is 13.7. The number of rotatable bonds is 3. The Kier molecular flexibility index (Phi) is 4.15. The molecule has 1 aromatic carbocycles. The highest BCUT2D eigenvalue weighted by atomic mass is 35.5. The lowest BCUT2D eigenvalue weighted by Gasteiger charge is -2.36. The summed E-state index contributed by atoms with van der Waals surface area (Å²) in [6.45, 7) is 3.55. The van der Waals surface area contributed by atoms with Gasteiger partial charge in [0.1, 0.15) is 5.82 Å². The highest BCUT2D eigenvalue weighted by Crippen LogP contribution is 2.33. The molecule has 0 fully saturated rings. The van der Waals surface area contributed by atoms with Gasteiger partial charge in [-0.05, 0) is 32.0 Å². The van der Waals surface area contributed by atoms with Gasteiger partial charge in [0.05, 0.1) is 11.3 Å². The van der Waals surface area contributed by atoms with Crippen LogP contribution in [0.25, 0.3) is 0 Å². The molecule has 0 spiro atoms. The summed E-state index contributed by atoms with van der Waals surface area (Å²) in [5.41, 5.74) is -1.46. The SMILES string of the molecule is CN(c1ccc(C(F)(F)F)cc1F)C(C)(C)CCl. The van der Waals surface area contributed by atoms with Crippen molar-refractivity contribution in [2.75, 3.05) is 17.8 Å². The minimum absolute atomic E-state index is 0.0913. The molecule has 0 atom stereocenters. The van der Waals surface area contributed by atoms with Crippen LogP contribution >= 0.6 is 11.6 Å². The maximum atomic E-state index is 13.7. The van der Waals surface area contributed by atoms with E-state index in [0.717, 1.165) is 12.1 Å². The predicted octanol–water partition coefficient (Wildman–Crippen LogP) is 4.30. The van der Waals surface area contributed by atoms with Gasteiger partial charge in [0.2, 0.25) is 0 Å². The third-order valence-corrected chi connectivity index (χ3v) is 3.53. The van der Waals surface area contributed by atoms with Crippen LogP contribution in [0.3, 0.4) is 0 Å². The first-order chi connectivity index (χ1) is 8.09. The monoisotopic (exact) mass is 283 g/mol. The highest BCUT2D eigenvalue weighted by molar-refractivity contribution is 6.18. The Morgan fingerprint density at radius 3 is 2.17 bits per heavy atom. The molecular formula is C12H14ClF4N. The molecule has 0 unspecified atom stereocenters. The number of nitrogens with zero attached hydrogens (tertiary/aromatic N) is 1. The summed E-state index contributed by atoms with van der Waals surface area (Å²) in [7, 11) is 1.59. The van der Waals surface area contributed by atoms with E-state index in [4.69, 9.17) is 11.6 Å². The molecule has 0 saturated heterocycles. The van der Waals surface area contributed by atoms with Gasteiger partial charge in [0.15, 0.2) is 0 Å². The first-order valence-corrected chi connectivity index (χ1v) is 5.79. The molecule has 0 saturated carbocycles. The Hall–Kier alpha value is -0.970. The van der Waals surface area contributed by atoms with Gasteiger partial charge in [0.25, 0.3) is 0 Å². The molecule has 0 bridgehead atoms. The summed E-state index contributed by atoms with van der Waals surface area (Å²) in [5, 5.41) is 0. The normalized spacial score (nSPS) is 12.7. The molecule has 0 aromatic heterocycles. The van der Waals surface area contributed by atoms with Gasteiger partial charge in [0, 0.05) is 18.5 Å². The van der Waals surface area contributed by atoms with Crippen LogP contribution in [0.1, 0.15) is 19.4 Å². The largest absolute Gasteiger partial charge is 0.416 e. The molecule has 0 aliphatic heterocycles. The van der Waals surface area contributed by atoms with Crippen molar-refractivity contribution in [3.05, 3.63) is 29.6 Å². The van der Waals surface area contributed by atoms with Crippen LogP contribution in [0.2, 0.25) is 0 Å². The van der Waals surface area contributed by atoms with Gasteiger partial charge in [-0.2, -0.15) is 13.2 Å². The highest BCUT2D eigenvalue weighted by Gasteiger charge is 2.32. The van der Waals surface area contributed by atoms with Crippen molar-refractivity contribution < 1.29 is 17.6 Å². The van der Waals surface area contributed by atoms with Crippen LogP contribution in [0.5, 0.6) is 0 Å². The molecule has 6 heteroatoms. The third kappa shape index (κ3) is 3.07. The molecular weight excluding hydrogens is 270 g/mol. The molecule has 0 aliphatic rings. The first-order valence-electron chi connectivity index (χ1n) is 5.26. The van der Waals surface area contributed by atoms with Crippen LogP contribution in [-0.4, -0.2) is 18.5 Å². The molecule has 0 radical (unpaired) electrons. The molecule has 1 nitrogen and oxygen atoms in total. The summed E-state index contributed by atoms with van der Waals surface area (Å²) in [4.78, 5) is 1.52. The second-order valence-corrected chi connectivity index (χ2v) is 4.94. The fourth-order valence-corrected chi connectivity index (χ4v) is 1.55. The van der Waals surface area contributed by atoms with Gasteiger partial charge in [-0.25, -0.2) is 4.39 Å². The summed E-state index contributed by atoms with van der Waals surface area (Å²) < 4.78 is 50.9. The van der Waals surface area contributed by atoms with Crippen molar-refractivity contribution in [2.24, 2.45) is 0 Å². The van der Waals surface area contributed by atoms with E-state index in [-0.39, 0.29) is 11.6 Å². The summed E-state index contributed by atoms with van der Waals surface area (Å²) in [6, 6.07) is 2.47. The van der Waals surface area contributed by atoms with Crippen LogP contribution in [-0.2, 0) is 6.18 Å². The lowest BCUT2D eigenvalue weighted by atomic mass is 10.0. The van der Waals surface area contributed by atoms with Crippen molar-refractivity contribution in [1.29, 1.82) is 0 Å². The Labute approximate surface area is 108 Å². The molecule has 0 heterocycles. The van der Waals surface area contributed by atoms with E-state index in [1.54, 1.807) is 20.9 Å². The van der Waals surface area contributed by atoms with Gasteiger partial charge in [-0.1, -0.05) is 0 Å². The van der Waals surface area contributed by atoms with E-state index in [9.17, 15) is 17.6 Å². The second kappa shape index (κ2) is 4.96. The van der Waals surface area contributed by atoms with Crippen molar-refractivity contribution in [3.8, 4) is 0 Å². The molecule has 18 heavy (non-hydrogen) atoms. The van der Waals surface area contributed by atoms with Gasteiger partial charge < -0.3 is 4.90 Å². The summed E-state index contributed by atoms with van der Waals surface area (Å²) in [6.07, 6.45) is -4.54. The Bertz CT molecular complexity index is 429. The van der Waals surface area contributed by atoms with E-state index in [1.807, 2.05) is 0 Å². The van der Waals surface area contributed by atoms with Crippen LogP contribution in [0.4, 0.5) is 23.2 Å². The second-order valence-electron chi connectivity index (χ2n) is 4.67. The van der Waals surface area contributed by atoms with Gasteiger partial charge in [-0.3, -0.25) is 0 Å². The Morgan fingerprint density at radius 2 is 1.78 bits per heavy atom. The smallest absolute Gasteiger partial charge is 0.366 e. The molecule has 0 amide bonds. The number of benzene rings is 1. The minimum atomic E-state index is -4.54. The maximum Gasteiger partial charge on any atom is 0.416 e.